The van der Waals surface area contributed by atoms with Crippen molar-refractivity contribution in [3.8, 4) is 0 Å². The van der Waals surface area contributed by atoms with Crippen LogP contribution in [0.4, 0.5) is 0 Å². The van der Waals surface area contributed by atoms with E-state index in [4.69, 9.17) is 13.3 Å². The highest BCUT2D eigenvalue weighted by molar-refractivity contribution is 6.65. The first-order valence-corrected chi connectivity index (χ1v) is 12.4. The number of carbonyl (C=O) groups is 1. The van der Waals surface area contributed by atoms with E-state index in [1.54, 1.807) is 21.3 Å². The normalized spacial score (nSPS) is 13.0. The van der Waals surface area contributed by atoms with Crippen molar-refractivity contribution in [1.29, 1.82) is 0 Å². The zero-order chi connectivity index (χ0) is 16.3. The number of amides is 1. The summed E-state index contributed by atoms with van der Waals surface area (Å²) in [6.07, 6.45) is 3.27. The Hall–Kier alpha value is -0.476. The summed E-state index contributed by atoms with van der Waals surface area (Å²) in [5.74, 6) is -0.0000556. The van der Waals surface area contributed by atoms with E-state index in [9.17, 15) is 4.79 Å². The topological polar surface area (TPSA) is 48.0 Å². The van der Waals surface area contributed by atoms with Crippen molar-refractivity contribution < 1.29 is 18.1 Å². The first-order chi connectivity index (χ1) is 9.92. The molecule has 21 heavy (non-hydrogen) atoms. The molecule has 1 amide bonds. The van der Waals surface area contributed by atoms with Gasteiger partial charge in [-0.2, -0.15) is 0 Å². The number of carbonyl (C=O) groups excluding carboxylic acids is 1. The molecular weight excluding hydrogens is 302 g/mol. The van der Waals surface area contributed by atoms with Gasteiger partial charge in [-0.05, 0) is 44.1 Å². The van der Waals surface area contributed by atoms with Gasteiger partial charge in [0.2, 0.25) is 5.91 Å². The quantitative estimate of drug-likeness (QED) is 0.405. The zero-order valence-electron chi connectivity index (χ0n) is 14.2. The van der Waals surface area contributed by atoms with Gasteiger partial charge in [0, 0.05) is 34.4 Å². The minimum Gasteiger partial charge on any atom is -0.423 e. The van der Waals surface area contributed by atoms with Gasteiger partial charge >= 0.3 is 8.56 Å². The predicted molar refractivity (Wildman–Crippen MR) is 91.3 cm³/mol. The van der Waals surface area contributed by atoms with Crippen molar-refractivity contribution in [1.82, 2.24) is 4.90 Å². The predicted octanol–water partition coefficient (Wildman–Crippen LogP) is 2.15. The van der Waals surface area contributed by atoms with Crippen molar-refractivity contribution in [2.75, 3.05) is 34.4 Å². The SMILES string of the molecule is C=CC(=O)N(CCC[SiH](C)OC)CCC[Si](C)(OC)OC. The minimum absolute atomic E-state index is 0.0000556. The standard InChI is InChI=1S/C14H31NO4Si2/c1-7-14(16)15(10-8-12-20(5)17-2)11-9-13-21(6,18-3)19-4/h7,20H,1,8-13H2,2-6H3. The number of rotatable bonds is 12. The Kier molecular flexibility index (Phi) is 10.9. The van der Waals surface area contributed by atoms with Crippen LogP contribution in [0.2, 0.25) is 25.2 Å². The molecule has 0 saturated carbocycles. The van der Waals surface area contributed by atoms with Crippen molar-refractivity contribution in [3.05, 3.63) is 12.7 Å². The Labute approximate surface area is 132 Å². The van der Waals surface area contributed by atoms with Crippen LogP contribution in [0.5, 0.6) is 0 Å². The molecule has 0 rings (SSSR count). The van der Waals surface area contributed by atoms with E-state index in [1.807, 2.05) is 11.4 Å². The molecule has 0 saturated heterocycles. The summed E-state index contributed by atoms with van der Waals surface area (Å²) in [6.45, 7) is 9.29. The molecule has 0 aromatic carbocycles. The van der Waals surface area contributed by atoms with E-state index in [0.29, 0.717) is 0 Å². The maximum absolute atomic E-state index is 11.9. The lowest BCUT2D eigenvalue weighted by Gasteiger charge is -2.26. The summed E-state index contributed by atoms with van der Waals surface area (Å²) in [6, 6.07) is 1.96. The molecule has 0 N–H and O–H groups in total. The van der Waals surface area contributed by atoms with Gasteiger partial charge in [-0.15, -0.1) is 0 Å². The lowest BCUT2D eigenvalue weighted by Crippen LogP contribution is -2.38. The third kappa shape index (κ3) is 8.52. The van der Waals surface area contributed by atoms with Gasteiger partial charge in [0.1, 0.15) is 0 Å². The summed E-state index contributed by atoms with van der Waals surface area (Å²) in [5, 5.41) is 0. The van der Waals surface area contributed by atoms with E-state index >= 15 is 0 Å². The van der Waals surface area contributed by atoms with Gasteiger partial charge in [-0.1, -0.05) is 6.58 Å². The summed E-state index contributed by atoms with van der Waals surface area (Å²) in [5.41, 5.74) is 0. The van der Waals surface area contributed by atoms with Crippen LogP contribution in [0.1, 0.15) is 12.8 Å². The average Bonchev–Trinajstić information content (AvgIpc) is 2.51. The first kappa shape index (κ1) is 20.5. The number of hydrogen-bond donors (Lipinski definition) is 0. The highest BCUT2D eigenvalue weighted by Gasteiger charge is 2.28. The van der Waals surface area contributed by atoms with Gasteiger partial charge in [0.25, 0.3) is 0 Å². The highest BCUT2D eigenvalue weighted by Crippen LogP contribution is 2.14. The van der Waals surface area contributed by atoms with E-state index in [-0.39, 0.29) is 5.91 Å². The molecule has 0 heterocycles. The third-order valence-corrected chi connectivity index (χ3v) is 8.86. The maximum atomic E-state index is 11.9. The highest BCUT2D eigenvalue weighted by atomic mass is 28.4. The van der Waals surface area contributed by atoms with Gasteiger partial charge in [-0.3, -0.25) is 4.79 Å². The molecule has 7 heteroatoms. The van der Waals surface area contributed by atoms with E-state index < -0.39 is 17.6 Å². The summed E-state index contributed by atoms with van der Waals surface area (Å²) < 4.78 is 16.3. The van der Waals surface area contributed by atoms with Crippen LogP contribution in [0.25, 0.3) is 0 Å². The molecule has 1 atom stereocenters. The van der Waals surface area contributed by atoms with Crippen LogP contribution in [-0.4, -0.2) is 62.8 Å². The summed E-state index contributed by atoms with van der Waals surface area (Å²) in [7, 11) is 2.07. The largest absolute Gasteiger partial charge is 0.423 e. The molecule has 0 radical (unpaired) electrons. The van der Waals surface area contributed by atoms with Crippen LogP contribution >= 0.6 is 0 Å². The second kappa shape index (κ2) is 11.1. The lowest BCUT2D eigenvalue weighted by atomic mass is 10.3. The van der Waals surface area contributed by atoms with Gasteiger partial charge in [0.15, 0.2) is 9.04 Å². The molecule has 0 aliphatic heterocycles. The molecule has 0 aliphatic carbocycles. The Morgan fingerprint density at radius 2 is 1.81 bits per heavy atom. The molecule has 0 fully saturated rings. The minimum atomic E-state index is -2.04. The molecule has 0 spiro atoms. The summed E-state index contributed by atoms with van der Waals surface area (Å²) >= 11 is 0. The van der Waals surface area contributed by atoms with E-state index in [1.165, 1.54) is 6.08 Å². The van der Waals surface area contributed by atoms with Crippen molar-refractivity contribution in [3.63, 3.8) is 0 Å². The van der Waals surface area contributed by atoms with Crippen LogP contribution in [0.15, 0.2) is 12.7 Å². The molecule has 124 valence electrons. The lowest BCUT2D eigenvalue weighted by molar-refractivity contribution is -0.126. The number of nitrogens with zero attached hydrogens (tertiary/aromatic N) is 1. The molecule has 0 bridgehead atoms. The van der Waals surface area contributed by atoms with Gasteiger partial charge in [0.05, 0.1) is 0 Å². The van der Waals surface area contributed by atoms with Crippen LogP contribution in [-0.2, 0) is 18.1 Å². The molecule has 0 aromatic heterocycles. The smallest absolute Gasteiger partial charge is 0.334 e. The molecule has 0 aromatic rings. The monoisotopic (exact) mass is 333 g/mol. The van der Waals surface area contributed by atoms with Crippen LogP contribution in [0.3, 0.4) is 0 Å². The molecule has 1 unspecified atom stereocenters. The Bertz CT molecular complexity index is 311. The Balaban J connectivity index is 4.25. The van der Waals surface area contributed by atoms with Gasteiger partial charge < -0.3 is 18.2 Å². The maximum Gasteiger partial charge on any atom is 0.334 e. The first-order valence-electron chi connectivity index (χ1n) is 7.46. The van der Waals surface area contributed by atoms with Gasteiger partial charge in [-0.25, -0.2) is 0 Å². The summed E-state index contributed by atoms with van der Waals surface area (Å²) in [4.78, 5) is 13.8. The van der Waals surface area contributed by atoms with E-state index in [0.717, 1.165) is 38.0 Å². The van der Waals surface area contributed by atoms with Crippen molar-refractivity contribution in [2.24, 2.45) is 0 Å². The van der Waals surface area contributed by atoms with Crippen molar-refractivity contribution in [2.45, 2.75) is 38.0 Å². The second-order valence-corrected chi connectivity index (χ2v) is 11.6. The molecule has 0 aliphatic rings. The van der Waals surface area contributed by atoms with Crippen LogP contribution < -0.4 is 0 Å². The third-order valence-electron chi connectivity index (χ3n) is 3.85. The second-order valence-electron chi connectivity index (χ2n) is 5.36. The average molecular weight is 334 g/mol. The fourth-order valence-electron chi connectivity index (χ4n) is 2.03. The van der Waals surface area contributed by atoms with E-state index in [2.05, 4.69) is 13.1 Å². The fourth-order valence-corrected chi connectivity index (χ4v) is 4.40. The molecular formula is C14H31NO4Si2. The van der Waals surface area contributed by atoms with Crippen molar-refractivity contribution >= 4 is 23.5 Å². The fraction of sp³-hybridized carbons (Fsp3) is 0.786. The zero-order valence-corrected chi connectivity index (χ0v) is 16.3. The Morgan fingerprint density at radius 3 is 2.29 bits per heavy atom. The van der Waals surface area contributed by atoms with Crippen LogP contribution in [0, 0.1) is 0 Å². The number of hydrogen-bond acceptors (Lipinski definition) is 4. The molecule has 5 nitrogen and oxygen atoms in total. The Morgan fingerprint density at radius 1 is 1.24 bits per heavy atom.